The third kappa shape index (κ3) is 0.980. The van der Waals surface area contributed by atoms with Gasteiger partial charge in [-0.25, -0.2) is 0 Å². The van der Waals surface area contributed by atoms with Gasteiger partial charge in [-0.2, -0.15) is 0 Å². The van der Waals surface area contributed by atoms with Crippen molar-refractivity contribution >= 4 is 0 Å². The van der Waals surface area contributed by atoms with Crippen molar-refractivity contribution in [1.29, 1.82) is 0 Å². The maximum atomic E-state index is 2.45. The number of hydrogen-bond donors (Lipinski definition) is 0. The van der Waals surface area contributed by atoms with E-state index in [9.17, 15) is 0 Å². The van der Waals surface area contributed by atoms with Crippen LogP contribution in [0.4, 0.5) is 0 Å². The average Bonchev–Trinajstić information content (AvgIpc) is 2.34. The molecule has 0 radical (unpaired) electrons. The van der Waals surface area contributed by atoms with E-state index in [4.69, 9.17) is 0 Å². The van der Waals surface area contributed by atoms with Crippen LogP contribution in [0.1, 0.15) is 45.4 Å². The molecule has 0 heteroatoms. The number of rotatable bonds is 0. The minimum atomic E-state index is 1.06. The smallest absolute Gasteiger partial charge is 0.0360 e. The summed E-state index contributed by atoms with van der Waals surface area (Å²) >= 11 is 0. The normalized spacial score (nSPS) is 47.1. The molecule has 0 aliphatic heterocycles. The molecule has 0 saturated heterocycles. The van der Waals surface area contributed by atoms with Crippen molar-refractivity contribution in [3.05, 3.63) is 0 Å². The highest BCUT2D eigenvalue weighted by Crippen LogP contribution is 2.45. The van der Waals surface area contributed by atoms with Crippen LogP contribution in [0.15, 0.2) is 0 Å². The summed E-state index contributed by atoms with van der Waals surface area (Å²) in [5.41, 5.74) is 0. The van der Waals surface area contributed by atoms with Gasteiger partial charge in [0.1, 0.15) is 0 Å². The standard InChI is InChI=1S/C10H18/c1-8-6-7-9-4-2-3-5-10(8)9/h8-10H,2-7H2,1H3/t8?,9-,10?/m1/s1. The largest absolute Gasteiger partial charge is 0.0622 e. The van der Waals surface area contributed by atoms with Gasteiger partial charge in [-0.3, -0.25) is 0 Å². The van der Waals surface area contributed by atoms with E-state index in [0.717, 1.165) is 17.8 Å². The third-order valence-corrected chi connectivity index (χ3v) is 3.69. The van der Waals surface area contributed by atoms with Gasteiger partial charge in [-0.1, -0.05) is 32.6 Å². The zero-order chi connectivity index (χ0) is 6.97. The Morgan fingerprint density at radius 2 is 1.70 bits per heavy atom. The maximum Gasteiger partial charge on any atom is -0.0360 e. The van der Waals surface area contributed by atoms with E-state index < -0.39 is 0 Å². The van der Waals surface area contributed by atoms with Crippen molar-refractivity contribution in [2.24, 2.45) is 17.8 Å². The molecular formula is C10H18. The molecule has 0 amide bonds. The Balaban J connectivity index is 2.01. The van der Waals surface area contributed by atoms with Crippen LogP contribution in [0, 0.1) is 17.8 Å². The van der Waals surface area contributed by atoms with E-state index >= 15 is 0 Å². The fourth-order valence-electron chi connectivity index (χ4n) is 3.03. The van der Waals surface area contributed by atoms with E-state index in [1.807, 2.05) is 0 Å². The quantitative estimate of drug-likeness (QED) is 0.482. The zero-order valence-corrected chi connectivity index (χ0v) is 6.97. The Hall–Kier alpha value is 0. The molecule has 2 unspecified atom stereocenters. The van der Waals surface area contributed by atoms with Crippen LogP contribution in [0.2, 0.25) is 0 Å². The monoisotopic (exact) mass is 138 g/mol. The van der Waals surface area contributed by atoms with Crippen LogP contribution in [0.5, 0.6) is 0 Å². The van der Waals surface area contributed by atoms with Crippen LogP contribution in [0.25, 0.3) is 0 Å². The summed E-state index contributed by atoms with van der Waals surface area (Å²) in [4.78, 5) is 0. The summed E-state index contributed by atoms with van der Waals surface area (Å²) < 4.78 is 0. The van der Waals surface area contributed by atoms with E-state index in [0.29, 0.717) is 0 Å². The summed E-state index contributed by atoms with van der Waals surface area (Å²) in [6, 6.07) is 0. The molecule has 0 nitrogen and oxygen atoms in total. The first-order chi connectivity index (χ1) is 4.88. The minimum absolute atomic E-state index is 1.06. The molecule has 0 bridgehead atoms. The van der Waals surface area contributed by atoms with Crippen molar-refractivity contribution in [3.63, 3.8) is 0 Å². The van der Waals surface area contributed by atoms with Crippen LogP contribution >= 0.6 is 0 Å². The Labute approximate surface area is 64.0 Å². The Kier molecular flexibility index (Phi) is 1.71. The molecule has 0 spiro atoms. The van der Waals surface area contributed by atoms with Crippen molar-refractivity contribution in [3.8, 4) is 0 Å². The molecular weight excluding hydrogens is 120 g/mol. The first-order valence-electron chi connectivity index (χ1n) is 4.88. The van der Waals surface area contributed by atoms with Gasteiger partial charge >= 0.3 is 0 Å². The van der Waals surface area contributed by atoms with E-state index in [-0.39, 0.29) is 0 Å². The van der Waals surface area contributed by atoms with Gasteiger partial charge in [0.15, 0.2) is 0 Å². The molecule has 58 valence electrons. The first-order valence-corrected chi connectivity index (χ1v) is 4.88. The predicted molar refractivity (Wildman–Crippen MR) is 43.8 cm³/mol. The molecule has 0 aromatic rings. The minimum Gasteiger partial charge on any atom is -0.0622 e. The van der Waals surface area contributed by atoms with Gasteiger partial charge < -0.3 is 0 Å². The van der Waals surface area contributed by atoms with Crippen molar-refractivity contribution in [1.82, 2.24) is 0 Å². The fraction of sp³-hybridized carbons (Fsp3) is 1.00. The highest BCUT2D eigenvalue weighted by molar-refractivity contribution is 4.85. The zero-order valence-electron chi connectivity index (χ0n) is 6.97. The summed E-state index contributed by atoms with van der Waals surface area (Å²) in [6.45, 7) is 2.45. The van der Waals surface area contributed by atoms with Crippen LogP contribution in [-0.4, -0.2) is 0 Å². The second-order valence-corrected chi connectivity index (χ2v) is 4.26. The molecule has 2 aliphatic rings. The van der Waals surface area contributed by atoms with Gasteiger partial charge in [-0.15, -0.1) is 0 Å². The lowest BCUT2D eigenvalue weighted by molar-refractivity contribution is 0.238. The second-order valence-electron chi connectivity index (χ2n) is 4.26. The Morgan fingerprint density at radius 1 is 0.900 bits per heavy atom. The van der Waals surface area contributed by atoms with Gasteiger partial charge in [0.2, 0.25) is 0 Å². The van der Waals surface area contributed by atoms with E-state index in [2.05, 4.69) is 6.92 Å². The predicted octanol–water partition coefficient (Wildman–Crippen LogP) is 3.22. The molecule has 0 aromatic carbocycles. The fourth-order valence-corrected chi connectivity index (χ4v) is 3.03. The lowest BCUT2D eigenvalue weighted by Crippen LogP contribution is -2.17. The SMILES string of the molecule is CC1CC[C@H]2CCCCC12. The topological polar surface area (TPSA) is 0 Å². The summed E-state index contributed by atoms with van der Waals surface area (Å²) in [5, 5.41) is 0. The molecule has 2 fully saturated rings. The molecule has 0 N–H and O–H groups in total. The molecule has 0 heterocycles. The van der Waals surface area contributed by atoms with Crippen molar-refractivity contribution < 1.29 is 0 Å². The summed E-state index contributed by atoms with van der Waals surface area (Å²) in [5.74, 6) is 3.34. The van der Waals surface area contributed by atoms with Crippen molar-refractivity contribution in [2.45, 2.75) is 45.4 Å². The van der Waals surface area contributed by atoms with Gasteiger partial charge in [0, 0.05) is 0 Å². The molecule has 2 aliphatic carbocycles. The third-order valence-electron chi connectivity index (χ3n) is 3.69. The van der Waals surface area contributed by atoms with Gasteiger partial charge in [0.25, 0.3) is 0 Å². The van der Waals surface area contributed by atoms with E-state index in [1.54, 1.807) is 19.3 Å². The summed E-state index contributed by atoms with van der Waals surface area (Å²) in [7, 11) is 0. The lowest BCUT2D eigenvalue weighted by Gasteiger charge is -2.27. The van der Waals surface area contributed by atoms with Gasteiger partial charge in [0.05, 0.1) is 0 Å². The molecule has 2 rings (SSSR count). The Morgan fingerprint density at radius 3 is 2.50 bits per heavy atom. The van der Waals surface area contributed by atoms with Crippen LogP contribution < -0.4 is 0 Å². The molecule has 10 heavy (non-hydrogen) atoms. The van der Waals surface area contributed by atoms with Crippen molar-refractivity contribution in [2.75, 3.05) is 0 Å². The average molecular weight is 138 g/mol. The molecule has 2 saturated carbocycles. The van der Waals surface area contributed by atoms with Crippen LogP contribution in [0.3, 0.4) is 0 Å². The van der Waals surface area contributed by atoms with E-state index in [1.165, 1.54) is 19.3 Å². The van der Waals surface area contributed by atoms with Crippen LogP contribution in [-0.2, 0) is 0 Å². The number of fused-ring (bicyclic) bond motifs is 1. The Bertz CT molecular complexity index is 115. The molecule has 3 atom stereocenters. The highest BCUT2D eigenvalue weighted by atomic mass is 14.4. The first kappa shape index (κ1) is 6.69. The molecule has 0 aromatic heterocycles. The highest BCUT2D eigenvalue weighted by Gasteiger charge is 2.34. The summed E-state index contributed by atoms with van der Waals surface area (Å²) in [6.07, 6.45) is 9.21. The second kappa shape index (κ2) is 2.56. The van der Waals surface area contributed by atoms with Gasteiger partial charge in [-0.05, 0) is 30.6 Å². The lowest BCUT2D eigenvalue weighted by atomic mass is 9.79. The number of hydrogen-bond acceptors (Lipinski definition) is 0. The maximum absolute atomic E-state index is 2.45.